The zero-order valence-electron chi connectivity index (χ0n) is 15.4. The van der Waals surface area contributed by atoms with E-state index in [1.807, 2.05) is 60.4 Å². The summed E-state index contributed by atoms with van der Waals surface area (Å²) in [6, 6.07) is 15.5. The molecular formula is C21H21N3O3. The number of methoxy groups -OCH3 is 1. The lowest BCUT2D eigenvalue weighted by Gasteiger charge is -2.22. The van der Waals surface area contributed by atoms with Crippen molar-refractivity contribution in [1.29, 1.82) is 0 Å². The van der Waals surface area contributed by atoms with Crippen LogP contribution >= 0.6 is 0 Å². The van der Waals surface area contributed by atoms with E-state index in [1.54, 1.807) is 7.11 Å². The topological polar surface area (TPSA) is 68.5 Å². The number of amides is 1. The van der Waals surface area contributed by atoms with Crippen molar-refractivity contribution in [3.8, 4) is 17.1 Å². The van der Waals surface area contributed by atoms with Gasteiger partial charge >= 0.3 is 0 Å². The molecule has 27 heavy (non-hydrogen) atoms. The second-order valence-electron chi connectivity index (χ2n) is 6.70. The zero-order chi connectivity index (χ0) is 18.8. The molecule has 1 aliphatic rings. The molecular weight excluding hydrogens is 342 g/mol. The van der Waals surface area contributed by atoms with Crippen LogP contribution in [0.25, 0.3) is 11.4 Å². The highest BCUT2D eigenvalue weighted by Crippen LogP contribution is 2.34. The van der Waals surface area contributed by atoms with Gasteiger partial charge in [0.05, 0.1) is 7.11 Å². The van der Waals surface area contributed by atoms with Crippen LogP contribution in [0, 0.1) is 6.92 Å². The molecule has 1 amide bonds. The van der Waals surface area contributed by atoms with Crippen molar-refractivity contribution in [3.63, 3.8) is 0 Å². The summed E-state index contributed by atoms with van der Waals surface area (Å²) in [4.78, 5) is 18.8. The van der Waals surface area contributed by atoms with Crippen LogP contribution in [-0.2, 0) is 11.3 Å². The fourth-order valence-corrected chi connectivity index (χ4v) is 3.42. The lowest BCUT2D eigenvalue weighted by Crippen LogP contribution is -2.27. The first-order chi connectivity index (χ1) is 13.2. The number of aromatic nitrogens is 2. The summed E-state index contributed by atoms with van der Waals surface area (Å²) in [7, 11) is 1.64. The first-order valence-corrected chi connectivity index (χ1v) is 8.97. The third kappa shape index (κ3) is 3.43. The van der Waals surface area contributed by atoms with Crippen LogP contribution in [0.3, 0.4) is 0 Å². The van der Waals surface area contributed by atoms with Crippen molar-refractivity contribution < 1.29 is 14.1 Å². The van der Waals surface area contributed by atoms with Gasteiger partial charge in [0.1, 0.15) is 11.8 Å². The highest BCUT2D eigenvalue weighted by atomic mass is 16.5. The average molecular weight is 363 g/mol. The number of carbonyl (C=O) groups is 1. The zero-order valence-corrected chi connectivity index (χ0v) is 15.4. The van der Waals surface area contributed by atoms with Crippen LogP contribution in [0.5, 0.6) is 5.75 Å². The number of likely N-dealkylation sites (tertiary alicyclic amines) is 1. The van der Waals surface area contributed by atoms with Gasteiger partial charge in [-0.25, -0.2) is 0 Å². The SMILES string of the molecule is COc1ccc(CN2C(=O)CCC2c2nc(-c3ccccc3C)no2)cc1. The summed E-state index contributed by atoms with van der Waals surface area (Å²) in [6.45, 7) is 2.52. The van der Waals surface area contributed by atoms with Gasteiger partial charge in [-0.15, -0.1) is 0 Å². The number of benzene rings is 2. The van der Waals surface area contributed by atoms with Crippen LogP contribution < -0.4 is 4.74 Å². The lowest BCUT2D eigenvalue weighted by atomic mass is 10.1. The van der Waals surface area contributed by atoms with E-state index >= 15 is 0 Å². The Morgan fingerprint density at radius 3 is 2.70 bits per heavy atom. The Morgan fingerprint density at radius 2 is 1.96 bits per heavy atom. The maximum absolute atomic E-state index is 12.4. The number of hydrogen-bond donors (Lipinski definition) is 0. The van der Waals surface area contributed by atoms with E-state index in [0.29, 0.717) is 31.1 Å². The molecule has 0 bridgehead atoms. The Morgan fingerprint density at radius 1 is 1.19 bits per heavy atom. The number of hydrogen-bond acceptors (Lipinski definition) is 5. The highest BCUT2D eigenvalue weighted by Gasteiger charge is 2.36. The third-order valence-electron chi connectivity index (χ3n) is 4.95. The lowest BCUT2D eigenvalue weighted by molar-refractivity contribution is -0.129. The second kappa shape index (κ2) is 7.23. The summed E-state index contributed by atoms with van der Waals surface area (Å²) in [5.41, 5.74) is 3.07. The molecule has 4 rings (SSSR count). The summed E-state index contributed by atoms with van der Waals surface area (Å²) >= 11 is 0. The number of aryl methyl sites for hydroxylation is 1. The fourth-order valence-electron chi connectivity index (χ4n) is 3.42. The second-order valence-corrected chi connectivity index (χ2v) is 6.70. The van der Waals surface area contributed by atoms with Gasteiger partial charge in [0.15, 0.2) is 0 Å². The van der Waals surface area contributed by atoms with Crippen LogP contribution in [0.1, 0.15) is 35.9 Å². The van der Waals surface area contributed by atoms with E-state index < -0.39 is 0 Å². The van der Waals surface area contributed by atoms with Gasteiger partial charge in [-0.05, 0) is 36.6 Å². The van der Waals surface area contributed by atoms with Crippen molar-refractivity contribution in [3.05, 3.63) is 65.5 Å². The predicted octanol–water partition coefficient (Wildman–Crippen LogP) is 3.92. The van der Waals surface area contributed by atoms with Crippen LogP contribution in [0.15, 0.2) is 53.1 Å². The molecule has 1 aromatic heterocycles. The molecule has 6 nitrogen and oxygen atoms in total. The molecule has 1 fully saturated rings. The van der Waals surface area contributed by atoms with E-state index in [9.17, 15) is 4.79 Å². The molecule has 0 radical (unpaired) electrons. The van der Waals surface area contributed by atoms with Gasteiger partial charge in [-0.2, -0.15) is 4.98 Å². The number of ether oxygens (including phenoxy) is 1. The minimum absolute atomic E-state index is 0.103. The van der Waals surface area contributed by atoms with E-state index in [-0.39, 0.29) is 11.9 Å². The Labute approximate surface area is 157 Å². The minimum Gasteiger partial charge on any atom is -0.497 e. The quantitative estimate of drug-likeness (QED) is 0.687. The standard InChI is InChI=1S/C21H21N3O3/c1-14-5-3-4-6-17(14)20-22-21(27-23-20)18-11-12-19(25)24(18)13-15-7-9-16(26-2)10-8-15/h3-10,18H,11-13H2,1-2H3. The molecule has 0 N–H and O–H groups in total. The largest absolute Gasteiger partial charge is 0.497 e. The fraction of sp³-hybridized carbons (Fsp3) is 0.286. The smallest absolute Gasteiger partial charge is 0.249 e. The Hall–Kier alpha value is -3.15. The van der Waals surface area contributed by atoms with E-state index in [0.717, 1.165) is 22.4 Å². The molecule has 2 aromatic carbocycles. The molecule has 2 heterocycles. The maximum atomic E-state index is 12.4. The van der Waals surface area contributed by atoms with Gasteiger partial charge in [0, 0.05) is 18.5 Å². The Bertz CT molecular complexity index is 949. The van der Waals surface area contributed by atoms with Crippen molar-refractivity contribution in [2.45, 2.75) is 32.4 Å². The normalized spacial score (nSPS) is 16.7. The minimum atomic E-state index is -0.190. The molecule has 0 aliphatic carbocycles. The van der Waals surface area contributed by atoms with Gasteiger partial charge < -0.3 is 14.2 Å². The Balaban J connectivity index is 1.57. The average Bonchev–Trinajstić information content (AvgIpc) is 3.30. The first-order valence-electron chi connectivity index (χ1n) is 8.97. The summed E-state index contributed by atoms with van der Waals surface area (Å²) < 4.78 is 10.7. The van der Waals surface area contributed by atoms with Crippen LogP contribution in [0.2, 0.25) is 0 Å². The molecule has 3 aromatic rings. The number of nitrogens with zero attached hydrogens (tertiary/aromatic N) is 3. The monoisotopic (exact) mass is 363 g/mol. The predicted molar refractivity (Wildman–Crippen MR) is 100.0 cm³/mol. The van der Waals surface area contributed by atoms with E-state index in [2.05, 4.69) is 10.1 Å². The molecule has 1 saturated heterocycles. The van der Waals surface area contributed by atoms with Crippen molar-refractivity contribution >= 4 is 5.91 Å². The molecule has 1 atom stereocenters. The third-order valence-corrected chi connectivity index (χ3v) is 4.95. The molecule has 6 heteroatoms. The Kier molecular flexibility index (Phi) is 4.62. The maximum Gasteiger partial charge on any atom is 0.249 e. The van der Waals surface area contributed by atoms with Gasteiger partial charge in [-0.1, -0.05) is 41.6 Å². The van der Waals surface area contributed by atoms with Gasteiger partial charge in [-0.3, -0.25) is 4.79 Å². The first kappa shape index (κ1) is 17.3. The molecule has 0 spiro atoms. The van der Waals surface area contributed by atoms with Gasteiger partial charge in [0.25, 0.3) is 0 Å². The number of carbonyl (C=O) groups excluding carboxylic acids is 1. The van der Waals surface area contributed by atoms with Crippen molar-refractivity contribution in [1.82, 2.24) is 15.0 Å². The van der Waals surface area contributed by atoms with Crippen LogP contribution in [-0.4, -0.2) is 28.1 Å². The molecule has 1 aliphatic heterocycles. The van der Waals surface area contributed by atoms with E-state index in [4.69, 9.17) is 9.26 Å². The van der Waals surface area contributed by atoms with E-state index in [1.165, 1.54) is 0 Å². The number of rotatable bonds is 5. The van der Waals surface area contributed by atoms with Crippen LogP contribution in [0.4, 0.5) is 0 Å². The molecule has 138 valence electrons. The highest BCUT2D eigenvalue weighted by molar-refractivity contribution is 5.78. The summed E-state index contributed by atoms with van der Waals surface area (Å²) in [5.74, 6) is 1.95. The summed E-state index contributed by atoms with van der Waals surface area (Å²) in [6.07, 6.45) is 1.17. The van der Waals surface area contributed by atoms with Crippen molar-refractivity contribution in [2.24, 2.45) is 0 Å². The van der Waals surface area contributed by atoms with Crippen molar-refractivity contribution in [2.75, 3.05) is 7.11 Å². The summed E-state index contributed by atoms with van der Waals surface area (Å²) in [5, 5.41) is 4.14. The molecule has 0 saturated carbocycles. The molecule has 1 unspecified atom stereocenters. The van der Waals surface area contributed by atoms with Gasteiger partial charge in [0.2, 0.25) is 17.6 Å².